The van der Waals surface area contributed by atoms with Gasteiger partial charge in [0.25, 0.3) is 5.56 Å². The van der Waals surface area contributed by atoms with Gasteiger partial charge in [-0.05, 0) is 24.6 Å². The number of aromatic amines is 1. The molecule has 0 aliphatic rings. The minimum Gasteiger partial charge on any atom is -0.493 e. The molecule has 2 aromatic rings. The molecule has 0 radical (unpaired) electrons. The van der Waals surface area contributed by atoms with Crippen molar-refractivity contribution in [2.45, 2.75) is 32.6 Å². The number of unbranched alkanes of at least 4 members (excludes halogenated alkanes) is 3. The Labute approximate surface area is 169 Å². The molecule has 8 nitrogen and oxygen atoms in total. The van der Waals surface area contributed by atoms with Crippen molar-refractivity contribution in [3.8, 4) is 16.9 Å². The van der Waals surface area contributed by atoms with Crippen LogP contribution in [0.25, 0.3) is 11.1 Å². The lowest BCUT2D eigenvalue weighted by Crippen LogP contribution is -2.24. The van der Waals surface area contributed by atoms with Crippen LogP contribution >= 0.6 is 15.9 Å². The molecule has 0 unspecified atom stereocenters. The highest BCUT2D eigenvalue weighted by molar-refractivity contribution is 9.10. The highest BCUT2D eigenvalue weighted by Gasteiger charge is 2.28. The molecule has 0 bridgehead atoms. The Kier molecular flexibility index (Phi) is 7.22. The van der Waals surface area contributed by atoms with Crippen LogP contribution in [0.15, 0.2) is 27.5 Å². The Morgan fingerprint density at radius 3 is 2.43 bits per heavy atom. The van der Waals surface area contributed by atoms with Gasteiger partial charge in [-0.25, -0.2) is 9.59 Å². The summed E-state index contributed by atoms with van der Waals surface area (Å²) in [5.74, 6) is -3.17. The minimum absolute atomic E-state index is 0.164. The third-order valence-corrected chi connectivity index (χ3v) is 4.63. The monoisotopic (exact) mass is 452 g/mol. The lowest BCUT2D eigenvalue weighted by Gasteiger charge is -2.16. The number of halogens is 1. The fraction of sp³-hybridized carbons (Fsp3) is 0.316. The van der Waals surface area contributed by atoms with Gasteiger partial charge in [0.1, 0.15) is 22.7 Å². The number of nitrogens with one attached hydrogen (secondary N) is 1. The van der Waals surface area contributed by atoms with E-state index in [4.69, 9.17) is 10.5 Å². The van der Waals surface area contributed by atoms with E-state index in [0.29, 0.717) is 11.1 Å². The molecule has 0 fully saturated rings. The first-order valence-electron chi connectivity index (χ1n) is 8.73. The molecule has 0 amide bonds. The quantitative estimate of drug-likeness (QED) is 0.424. The summed E-state index contributed by atoms with van der Waals surface area (Å²) in [6.45, 7) is 2.46. The summed E-state index contributed by atoms with van der Waals surface area (Å²) < 4.78 is 6.34. The number of pyridine rings is 1. The maximum absolute atomic E-state index is 12.2. The second-order valence-corrected chi connectivity index (χ2v) is 7.07. The number of carboxylic acid groups (broad SMARTS) is 2. The molecule has 0 atom stereocenters. The second-order valence-electron chi connectivity index (χ2n) is 6.15. The van der Waals surface area contributed by atoms with Gasteiger partial charge < -0.3 is 25.7 Å². The number of carboxylic acids is 2. The maximum Gasteiger partial charge on any atom is 0.342 e. The summed E-state index contributed by atoms with van der Waals surface area (Å²) in [6, 6.07) is 4.78. The Bertz CT molecular complexity index is 954. The van der Waals surface area contributed by atoms with E-state index in [2.05, 4.69) is 27.8 Å². The van der Waals surface area contributed by atoms with Gasteiger partial charge in [-0.3, -0.25) is 4.79 Å². The molecule has 150 valence electrons. The lowest BCUT2D eigenvalue weighted by molar-refractivity contribution is 0.0695. The second kappa shape index (κ2) is 9.41. The van der Waals surface area contributed by atoms with Crippen LogP contribution in [0.5, 0.6) is 5.75 Å². The number of aromatic nitrogens is 1. The van der Waals surface area contributed by atoms with E-state index in [1.54, 1.807) is 12.1 Å². The minimum atomic E-state index is -1.56. The summed E-state index contributed by atoms with van der Waals surface area (Å²) in [5.41, 5.74) is 3.38. The van der Waals surface area contributed by atoms with Gasteiger partial charge in [0.15, 0.2) is 0 Å². The van der Waals surface area contributed by atoms with Crippen LogP contribution in [-0.4, -0.2) is 33.7 Å². The van der Waals surface area contributed by atoms with E-state index in [-0.39, 0.29) is 16.9 Å². The predicted octanol–water partition coefficient (Wildman–Crippen LogP) is 3.74. The number of anilines is 1. The van der Waals surface area contributed by atoms with E-state index in [9.17, 15) is 24.6 Å². The standard InChI is InChI=1S/C19H21BrN2O6/c1-2-3-4-5-8-28-12-7-6-10(20)9-11(12)13-14(18(24)25)16(21)22-17(23)15(13)19(26)27/h6-7,9H,2-5,8H2,1H3,(H,24,25)(H,26,27)(H3,21,22,23). The van der Waals surface area contributed by atoms with Gasteiger partial charge in [0.05, 0.1) is 6.61 Å². The van der Waals surface area contributed by atoms with Gasteiger partial charge in [-0.15, -0.1) is 0 Å². The zero-order chi connectivity index (χ0) is 20.8. The third kappa shape index (κ3) is 4.72. The van der Waals surface area contributed by atoms with Crippen molar-refractivity contribution < 1.29 is 24.5 Å². The van der Waals surface area contributed by atoms with E-state index >= 15 is 0 Å². The SMILES string of the molecule is CCCCCCOc1ccc(Br)cc1-c1c(C(=O)O)c(N)[nH]c(=O)c1C(=O)O. The van der Waals surface area contributed by atoms with Crippen LogP contribution in [-0.2, 0) is 0 Å². The van der Waals surface area contributed by atoms with E-state index in [1.165, 1.54) is 6.07 Å². The van der Waals surface area contributed by atoms with Crippen LogP contribution in [0.2, 0.25) is 0 Å². The molecule has 1 heterocycles. The van der Waals surface area contributed by atoms with E-state index in [1.807, 2.05) is 0 Å². The molecule has 0 aliphatic carbocycles. The number of rotatable bonds is 9. The van der Waals surface area contributed by atoms with Crippen LogP contribution in [0.4, 0.5) is 5.82 Å². The van der Waals surface area contributed by atoms with Gasteiger partial charge >= 0.3 is 11.9 Å². The Balaban J connectivity index is 2.66. The average molecular weight is 453 g/mol. The normalized spacial score (nSPS) is 10.6. The van der Waals surface area contributed by atoms with Crippen molar-refractivity contribution >= 4 is 33.7 Å². The van der Waals surface area contributed by atoms with Crippen molar-refractivity contribution in [2.24, 2.45) is 0 Å². The number of aromatic carboxylic acids is 2. The molecule has 0 saturated carbocycles. The number of benzene rings is 1. The van der Waals surface area contributed by atoms with Crippen LogP contribution in [0.3, 0.4) is 0 Å². The van der Waals surface area contributed by atoms with Gasteiger partial charge in [-0.1, -0.05) is 42.1 Å². The fourth-order valence-electron chi connectivity index (χ4n) is 2.85. The number of hydrogen-bond acceptors (Lipinski definition) is 5. The summed E-state index contributed by atoms with van der Waals surface area (Å²) in [4.78, 5) is 37.8. The van der Waals surface area contributed by atoms with Crippen LogP contribution in [0.1, 0.15) is 53.3 Å². The Morgan fingerprint density at radius 2 is 1.82 bits per heavy atom. The molecule has 1 aromatic carbocycles. The first-order chi connectivity index (χ1) is 13.3. The Morgan fingerprint density at radius 1 is 1.14 bits per heavy atom. The summed E-state index contributed by atoms with van der Waals surface area (Å²) in [6.07, 6.45) is 3.90. The van der Waals surface area contributed by atoms with Crippen molar-refractivity contribution in [1.82, 2.24) is 4.98 Å². The number of hydrogen-bond donors (Lipinski definition) is 4. The van der Waals surface area contributed by atoms with Crippen LogP contribution < -0.4 is 16.0 Å². The molecule has 5 N–H and O–H groups in total. The number of ether oxygens (including phenoxy) is 1. The average Bonchev–Trinajstić information content (AvgIpc) is 2.61. The number of carbonyl (C=O) groups is 2. The van der Waals surface area contributed by atoms with Gasteiger partial charge in [0, 0.05) is 15.6 Å². The molecule has 1 aromatic heterocycles. The summed E-state index contributed by atoms with van der Waals surface area (Å²) >= 11 is 3.29. The summed E-state index contributed by atoms with van der Waals surface area (Å²) in [7, 11) is 0. The Hall–Kier alpha value is -2.81. The van der Waals surface area contributed by atoms with Gasteiger partial charge in [-0.2, -0.15) is 0 Å². The topological polar surface area (TPSA) is 143 Å². The molecule has 0 aliphatic heterocycles. The van der Waals surface area contributed by atoms with Crippen LogP contribution in [0, 0.1) is 0 Å². The molecule has 2 rings (SSSR count). The van der Waals surface area contributed by atoms with Crippen molar-refractivity contribution in [1.29, 1.82) is 0 Å². The zero-order valence-corrected chi connectivity index (χ0v) is 16.8. The number of nitrogen functional groups attached to an aromatic ring is 1. The third-order valence-electron chi connectivity index (χ3n) is 4.14. The highest BCUT2D eigenvalue weighted by Crippen LogP contribution is 2.37. The zero-order valence-electron chi connectivity index (χ0n) is 15.3. The van der Waals surface area contributed by atoms with Crippen molar-refractivity contribution in [3.63, 3.8) is 0 Å². The number of nitrogens with two attached hydrogens (primary N) is 1. The van der Waals surface area contributed by atoms with Crippen molar-refractivity contribution in [2.75, 3.05) is 12.3 Å². The first-order valence-corrected chi connectivity index (χ1v) is 9.52. The lowest BCUT2D eigenvalue weighted by atomic mass is 9.94. The molecule has 0 spiro atoms. The molecular weight excluding hydrogens is 432 g/mol. The predicted molar refractivity (Wildman–Crippen MR) is 108 cm³/mol. The molecule has 28 heavy (non-hydrogen) atoms. The smallest absolute Gasteiger partial charge is 0.342 e. The number of H-pyrrole nitrogens is 1. The van der Waals surface area contributed by atoms with Crippen molar-refractivity contribution in [3.05, 3.63) is 44.2 Å². The fourth-order valence-corrected chi connectivity index (χ4v) is 3.21. The molecule has 9 heteroatoms. The molecule has 0 saturated heterocycles. The van der Waals surface area contributed by atoms with E-state index in [0.717, 1.165) is 25.7 Å². The largest absolute Gasteiger partial charge is 0.493 e. The van der Waals surface area contributed by atoms with E-state index < -0.39 is 34.4 Å². The summed E-state index contributed by atoms with van der Waals surface area (Å²) in [5, 5.41) is 19.1. The molecular formula is C19H21BrN2O6. The maximum atomic E-state index is 12.2. The first kappa shape index (κ1) is 21.5. The highest BCUT2D eigenvalue weighted by atomic mass is 79.9. The van der Waals surface area contributed by atoms with Gasteiger partial charge in [0.2, 0.25) is 0 Å².